The van der Waals surface area contributed by atoms with Crippen LogP contribution in [0.3, 0.4) is 0 Å². The van der Waals surface area contributed by atoms with E-state index >= 15 is 0 Å². The van der Waals surface area contributed by atoms with Gasteiger partial charge in [-0.05, 0) is 55.5 Å². The molecule has 0 spiro atoms. The van der Waals surface area contributed by atoms with Gasteiger partial charge in [0, 0.05) is 22.8 Å². The number of rotatable bonds is 3. The number of nitrogens with two attached hydrogens (primary N) is 1. The minimum absolute atomic E-state index is 0.175. The van der Waals surface area contributed by atoms with Crippen LogP contribution >= 0.6 is 11.6 Å². The van der Waals surface area contributed by atoms with E-state index in [1.807, 2.05) is 36.1 Å². The molecular weight excluding hydrogens is 348 g/mol. The third-order valence-corrected chi connectivity index (χ3v) is 3.96. The maximum absolute atomic E-state index is 9.51. The molecule has 0 saturated carbocycles. The Morgan fingerprint density at radius 2 is 1.77 bits per heavy atom. The average molecular weight is 365 g/mol. The van der Waals surface area contributed by atoms with Gasteiger partial charge in [0.2, 0.25) is 5.95 Å². The SMILES string of the molecule is CCN(c1ccc(O)cc1)c1nc(N)ncc1C#Cc1ccc(Cl)cc1. The molecule has 0 atom stereocenters. The van der Waals surface area contributed by atoms with Crippen LogP contribution in [0.4, 0.5) is 17.5 Å². The van der Waals surface area contributed by atoms with Crippen molar-refractivity contribution in [1.29, 1.82) is 0 Å². The van der Waals surface area contributed by atoms with Crippen LogP contribution in [0.15, 0.2) is 54.7 Å². The van der Waals surface area contributed by atoms with Crippen LogP contribution in [-0.2, 0) is 0 Å². The highest BCUT2D eigenvalue weighted by Gasteiger charge is 2.14. The fourth-order valence-electron chi connectivity index (χ4n) is 2.44. The second kappa shape index (κ2) is 7.77. The number of halogens is 1. The maximum Gasteiger partial charge on any atom is 0.222 e. The van der Waals surface area contributed by atoms with E-state index in [-0.39, 0.29) is 11.7 Å². The summed E-state index contributed by atoms with van der Waals surface area (Å²) in [7, 11) is 0. The Morgan fingerprint density at radius 1 is 1.08 bits per heavy atom. The molecule has 2 aromatic carbocycles. The quantitative estimate of drug-likeness (QED) is 0.687. The van der Waals surface area contributed by atoms with Gasteiger partial charge in [-0.1, -0.05) is 23.4 Å². The summed E-state index contributed by atoms with van der Waals surface area (Å²) in [6.07, 6.45) is 1.61. The van der Waals surface area contributed by atoms with Crippen molar-refractivity contribution < 1.29 is 5.11 Å². The minimum Gasteiger partial charge on any atom is -0.508 e. The van der Waals surface area contributed by atoms with E-state index in [9.17, 15) is 5.11 Å². The van der Waals surface area contributed by atoms with Crippen LogP contribution in [0.1, 0.15) is 18.1 Å². The Morgan fingerprint density at radius 3 is 2.42 bits per heavy atom. The molecule has 0 aliphatic heterocycles. The predicted octanol–water partition coefficient (Wildman–Crippen LogP) is 3.98. The van der Waals surface area contributed by atoms with Crippen molar-refractivity contribution in [1.82, 2.24) is 9.97 Å². The molecule has 0 bridgehead atoms. The lowest BCUT2D eigenvalue weighted by Crippen LogP contribution is -2.19. The average Bonchev–Trinajstić information content (AvgIpc) is 2.64. The van der Waals surface area contributed by atoms with E-state index in [0.29, 0.717) is 22.9 Å². The van der Waals surface area contributed by atoms with E-state index in [0.717, 1.165) is 11.3 Å². The van der Waals surface area contributed by atoms with E-state index in [4.69, 9.17) is 17.3 Å². The molecule has 6 heteroatoms. The largest absolute Gasteiger partial charge is 0.508 e. The van der Waals surface area contributed by atoms with E-state index in [2.05, 4.69) is 21.8 Å². The van der Waals surface area contributed by atoms with Gasteiger partial charge >= 0.3 is 0 Å². The van der Waals surface area contributed by atoms with Gasteiger partial charge in [0.15, 0.2) is 5.82 Å². The number of aromatic nitrogens is 2. The molecule has 3 N–H and O–H groups in total. The molecule has 0 fully saturated rings. The molecule has 0 saturated heterocycles. The summed E-state index contributed by atoms with van der Waals surface area (Å²) in [5.41, 5.74) is 8.16. The molecule has 130 valence electrons. The number of nitrogens with zero attached hydrogens (tertiary/aromatic N) is 3. The van der Waals surface area contributed by atoms with Gasteiger partial charge in [-0.2, -0.15) is 4.98 Å². The zero-order chi connectivity index (χ0) is 18.5. The second-order valence-electron chi connectivity index (χ2n) is 5.48. The molecule has 0 radical (unpaired) electrons. The van der Waals surface area contributed by atoms with Crippen molar-refractivity contribution in [3.05, 3.63) is 70.9 Å². The van der Waals surface area contributed by atoms with E-state index in [1.165, 1.54) is 0 Å². The summed E-state index contributed by atoms with van der Waals surface area (Å²) in [5.74, 6) is 7.20. The molecule has 26 heavy (non-hydrogen) atoms. The van der Waals surface area contributed by atoms with Crippen molar-refractivity contribution in [2.75, 3.05) is 17.2 Å². The van der Waals surface area contributed by atoms with Gasteiger partial charge in [-0.15, -0.1) is 0 Å². The second-order valence-corrected chi connectivity index (χ2v) is 5.92. The minimum atomic E-state index is 0.175. The molecule has 0 unspecified atom stereocenters. The van der Waals surface area contributed by atoms with Crippen LogP contribution in [0, 0.1) is 11.8 Å². The molecule has 1 aromatic heterocycles. The topological polar surface area (TPSA) is 75.3 Å². The Balaban J connectivity index is 2.02. The highest BCUT2D eigenvalue weighted by atomic mass is 35.5. The Bertz CT molecular complexity index is 960. The number of phenolic OH excluding ortho intramolecular Hbond substituents is 1. The van der Waals surface area contributed by atoms with Crippen molar-refractivity contribution in [3.63, 3.8) is 0 Å². The third-order valence-electron chi connectivity index (χ3n) is 3.71. The summed E-state index contributed by atoms with van der Waals surface area (Å²) in [6, 6.07) is 14.2. The van der Waals surface area contributed by atoms with Crippen molar-refractivity contribution in [2.45, 2.75) is 6.92 Å². The Labute approximate surface area is 157 Å². The fraction of sp³-hybridized carbons (Fsp3) is 0.100. The summed E-state index contributed by atoms with van der Waals surface area (Å²) in [5, 5.41) is 10.2. The van der Waals surface area contributed by atoms with Crippen LogP contribution in [0.25, 0.3) is 0 Å². The third kappa shape index (κ3) is 4.05. The van der Waals surface area contributed by atoms with Crippen LogP contribution in [0.2, 0.25) is 5.02 Å². The summed E-state index contributed by atoms with van der Waals surface area (Å²) >= 11 is 5.90. The zero-order valence-electron chi connectivity index (χ0n) is 14.1. The van der Waals surface area contributed by atoms with E-state index in [1.54, 1.807) is 30.5 Å². The number of aromatic hydroxyl groups is 1. The van der Waals surface area contributed by atoms with Gasteiger partial charge in [-0.25, -0.2) is 4.98 Å². The molecule has 5 nitrogen and oxygen atoms in total. The number of anilines is 3. The Kier molecular flexibility index (Phi) is 5.26. The molecule has 1 heterocycles. The molecule has 3 rings (SSSR count). The number of hydrogen-bond acceptors (Lipinski definition) is 5. The molecule has 0 amide bonds. The molecular formula is C20H17ClN4O. The van der Waals surface area contributed by atoms with Gasteiger partial charge in [-0.3, -0.25) is 0 Å². The van der Waals surface area contributed by atoms with Crippen LogP contribution in [0.5, 0.6) is 5.75 Å². The molecule has 0 aliphatic rings. The van der Waals surface area contributed by atoms with Gasteiger partial charge < -0.3 is 15.7 Å². The summed E-state index contributed by atoms with van der Waals surface area (Å²) in [4.78, 5) is 10.4. The van der Waals surface area contributed by atoms with Gasteiger partial charge in [0.1, 0.15) is 5.75 Å². The first-order valence-corrected chi connectivity index (χ1v) is 8.41. The first-order valence-electron chi connectivity index (χ1n) is 8.03. The first kappa shape index (κ1) is 17.6. The number of nitrogen functional groups attached to an aromatic ring is 1. The Hall–Kier alpha value is -3.23. The molecule has 3 aromatic rings. The first-order chi connectivity index (χ1) is 12.6. The summed E-state index contributed by atoms with van der Waals surface area (Å²) in [6.45, 7) is 2.65. The monoisotopic (exact) mass is 364 g/mol. The lowest BCUT2D eigenvalue weighted by molar-refractivity contribution is 0.475. The predicted molar refractivity (Wildman–Crippen MR) is 105 cm³/mol. The van der Waals surface area contributed by atoms with Crippen molar-refractivity contribution >= 4 is 29.1 Å². The number of benzene rings is 2. The van der Waals surface area contributed by atoms with Crippen molar-refractivity contribution in [3.8, 4) is 17.6 Å². The highest BCUT2D eigenvalue weighted by molar-refractivity contribution is 6.30. The lowest BCUT2D eigenvalue weighted by atomic mass is 10.2. The molecule has 0 aliphatic carbocycles. The number of hydrogen-bond donors (Lipinski definition) is 2. The van der Waals surface area contributed by atoms with Crippen LogP contribution in [-0.4, -0.2) is 21.6 Å². The smallest absolute Gasteiger partial charge is 0.222 e. The van der Waals surface area contributed by atoms with E-state index < -0.39 is 0 Å². The summed E-state index contributed by atoms with van der Waals surface area (Å²) < 4.78 is 0. The van der Waals surface area contributed by atoms with Gasteiger partial charge in [0.05, 0.1) is 11.8 Å². The van der Waals surface area contributed by atoms with Crippen LogP contribution < -0.4 is 10.6 Å². The lowest BCUT2D eigenvalue weighted by Gasteiger charge is -2.23. The zero-order valence-corrected chi connectivity index (χ0v) is 14.9. The number of phenols is 1. The maximum atomic E-state index is 9.51. The normalized spacial score (nSPS) is 10.1. The van der Waals surface area contributed by atoms with Gasteiger partial charge in [0.25, 0.3) is 0 Å². The standard InChI is InChI=1S/C20H17ClN4O/c1-2-25(17-9-11-18(26)12-10-17)19-15(13-23-20(22)24-19)6-3-14-4-7-16(21)8-5-14/h4-5,7-13,26H,2H2,1H3,(H2,22,23,24). The van der Waals surface area contributed by atoms with Crippen molar-refractivity contribution in [2.24, 2.45) is 0 Å². The highest BCUT2D eigenvalue weighted by Crippen LogP contribution is 2.28. The fourth-order valence-corrected chi connectivity index (χ4v) is 2.57.